The predicted octanol–water partition coefficient (Wildman–Crippen LogP) is 4.16. The van der Waals surface area contributed by atoms with E-state index in [1.165, 1.54) is 31.7 Å². The van der Waals surface area contributed by atoms with Crippen molar-refractivity contribution in [3.63, 3.8) is 0 Å². The van der Waals surface area contributed by atoms with Gasteiger partial charge in [-0.05, 0) is 71.8 Å². The zero-order valence-electron chi connectivity index (χ0n) is 21.4. The van der Waals surface area contributed by atoms with Gasteiger partial charge in [-0.3, -0.25) is 9.59 Å². The largest absolute Gasteiger partial charge is 1.00 e. The molecule has 4 rings (SSSR count). The van der Waals surface area contributed by atoms with Gasteiger partial charge in [0.25, 0.3) is 0 Å². The van der Waals surface area contributed by atoms with Gasteiger partial charge in [0.15, 0.2) is 23.6 Å². The van der Waals surface area contributed by atoms with E-state index < -0.39 is 11.6 Å². The molecule has 0 spiro atoms. The maximum absolute atomic E-state index is 14.0. The number of aliphatic hydroxyl groups excluding tert-OH is 1. The summed E-state index contributed by atoms with van der Waals surface area (Å²) in [5.41, 5.74) is 0.227. The Morgan fingerprint density at radius 3 is 2.17 bits per heavy atom. The Morgan fingerprint density at radius 2 is 1.58 bits per heavy atom. The van der Waals surface area contributed by atoms with Gasteiger partial charge in [-0.15, -0.1) is 0 Å². The molecule has 0 aromatic heterocycles. The van der Waals surface area contributed by atoms with Crippen LogP contribution in [0, 0.1) is 23.5 Å². The third-order valence-electron chi connectivity index (χ3n) is 6.49. The zero-order chi connectivity index (χ0) is 24.7. The van der Waals surface area contributed by atoms with Crippen molar-refractivity contribution in [2.45, 2.75) is 58.0 Å². The number of benzene rings is 2. The van der Waals surface area contributed by atoms with E-state index in [2.05, 4.69) is 31.9 Å². The first-order valence-electron chi connectivity index (χ1n) is 11.5. The van der Waals surface area contributed by atoms with Crippen molar-refractivity contribution in [2.75, 3.05) is 6.61 Å². The van der Waals surface area contributed by atoms with Crippen LogP contribution in [0.2, 0.25) is 0 Å². The molecule has 2 aromatic rings. The van der Waals surface area contributed by atoms with E-state index >= 15 is 0 Å². The number of aldehydes is 1. The third-order valence-corrected chi connectivity index (χ3v) is 7.93. The van der Waals surface area contributed by atoms with Crippen LogP contribution in [0.5, 0.6) is 5.75 Å². The Kier molecular flexibility index (Phi) is 16.0. The molecular formula is C26H29BBr2F2KO4. The van der Waals surface area contributed by atoms with Crippen molar-refractivity contribution in [3.05, 3.63) is 61.5 Å². The molecule has 10 heteroatoms. The van der Waals surface area contributed by atoms with E-state index in [-0.39, 0.29) is 102 Å². The third kappa shape index (κ3) is 8.80. The summed E-state index contributed by atoms with van der Waals surface area (Å²) in [5, 5.41) is 9.08. The number of carbonyl (C=O) groups is 2. The summed E-state index contributed by atoms with van der Waals surface area (Å²) in [7, 11) is 0. The molecule has 1 N–H and O–H groups in total. The molecule has 2 fully saturated rings. The number of carbonyl (C=O) groups excluding carboxylic acids is 2. The van der Waals surface area contributed by atoms with Crippen LogP contribution in [0.25, 0.3) is 0 Å². The number of rotatable bonds is 7. The summed E-state index contributed by atoms with van der Waals surface area (Å²) < 4.78 is 34.3. The van der Waals surface area contributed by atoms with E-state index in [4.69, 9.17) is 9.84 Å². The Labute approximate surface area is 274 Å². The van der Waals surface area contributed by atoms with E-state index in [0.29, 0.717) is 27.8 Å². The van der Waals surface area contributed by atoms with Gasteiger partial charge in [0, 0.05) is 28.8 Å². The van der Waals surface area contributed by atoms with Gasteiger partial charge in [-0.1, -0.05) is 41.6 Å². The molecule has 36 heavy (non-hydrogen) atoms. The zero-order valence-corrected chi connectivity index (χ0v) is 26.7. The van der Waals surface area contributed by atoms with Crippen LogP contribution in [0.3, 0.4) is 0 Å². The monoisotopic (exact) mass is 651 g/mol. The van der Waals surface area contributed by atoms with Crippen LogP contribution in [0.15, 0.2) is 33.2 Å². The normalized spacial score (nSPS) is 15.4. The quantitative estimate of drug-likeness (QED) is 0.277. The van der Waals surface area contributed by atoms with Crippen LogP contribution in [0.1, 0.15) is 79.1 Å². The molecular weight excluding hydrogens is 624 g/mol. The molecule has 0 saturated heterocycles. The smallest absolute Gasteiger partial charge is 1.00 e. The Morgan fingerprint density at radius 1 is 1.00 bits per heavy atom. The number of aliphatic hydroxyl groups is 1. The number of Topliss-reactive ketones (excluding diaryl/α,β-unsaturated/α-hetero) is 1. The first kappa shape index (κ1) is 34.1. The fraction of sp³-hybridized carbons (Fsp3) is 0.462. The molecule has 0 unspecified atom stereocenters. The SMILES string of the molecule is O=Cc1c(Br)ccc(C(=O)C2CCCC2)c1F.OCc1c(Br)ccc(OCC2CCCC2)c1F.[B].[H-].[K+]. The van der Waals surface area contributed by atoms with Crippen molar-refractivity contribution in [3.8, 4) is 5.75 Å². The minimum atomic E-state index is -0.703. The molecule has 0 bridgehead atoms. The molecule has 2 aromatic carbocycles. The Hall–Kier alpha value is 0.0613. The Bertz CT molecular complexity index is 1040. The molecule has 4 nitrogen and oxygen atoms in total. The van der Waals surface area contributed by atoms with E-state index in [0.717, 1.165) is 25.7 Å². The second-order valence-corrected chi connectivity index (χ2v) is 10.5. The van der Waals surface area contributed by atoms with Gasteiger partial charge in [-0.25, -0.2) is 8.78 Å². The summed E-state index contributed by atoms with van der Waals surface area (Å²) in [6.45, 7) is 0.246. The van der Waals surface area contributed by atoms with Crippen LogP contribution < -0.4 is 56.1 Å². The van der Waals surface area contributed by atoms with Crippen molar-refractivity contribution < 1.29 is 81.0 Å². The topological polar surface area (TPSA) is 63.6 Å². The molecule has 2 saturated carbocycles. The first-order chi connectivity index (χ1) is 16.4. The molecule has 0 aliphatic heterocycles. The Balaban J connectivity index is 0.000000648. The second kappa shape index (κ2) is 16.9. The maximum atomic E-state index is 14.0. The van der Waals surface area contributed by atoms with Crippen LogP contribution >= 0.6 is 31.9 Å². The molecule has 2 aliphatic rings. The average Bonchev–Trinajstić information content (AvgIpc) is 3.54. The van der Waals surface area contributed by atoms with Crippen LogP contribution in [-0.2, 0) is 6.61 Å². The van der Waals surface area contributed by atoms with Crippen LogP contribution in [-0.4, -0.2) is 32.2 Å². The van der Waals surface area contributed by atoms with Gasteiger partial charge < -0.3 is 11.3 Å². The van der Waals surface area contributed by atoms with E-state index in [1.54, 1.807) is 18.2 Å². The fourth-order valence-corrected chi connectivity index (χ4v) is 5.32. The van der Waals surface area contributed by atoms with Gasteiger partial charge in [0.05, 0.1) is 24.3 Å². The number of halogens is 4. The minimum absolute atomic E-state index is 0. The number of ketones is 1. The molecule has 0 atom stereocenters. The number of hydrogen-bond acceptors (Lipinski definition) is 4. The number of hydrogen-bond donors (Lipinski definition) is 1. The fourth-order valence-electron chi connectivity index (χ4n) is 4.49. The van der Waals surface area contributed by atoms with Crippen molar-refractivity contribution in [1.82, 2.24) is 0 Å². The summed E-state index contributed by atoms with van der Waals surface area (Å²) >= 11 is 6.29. The average molecular weight is 653 g/mol. The summed E-state index contributed by atoms with van der Waals surface area (Å²) in [4.78, 5) is 22.8. The summed E-state index contributed by atoms with van der Waals surface area (Å²) in [6, 6.07) is 6.31. The molecule has 3 radical (unpaired) electrons. The minimum Gasteiger partial charge on any atom is -1.00 e. The van der Waals surface area contributed by atoms with Gasteiger partial charge in [-0.2, -0.15) is 0 Å². The molecule has 0 amide bonds. The first-order valence-corrected chi connectivity index (χ1v) is 13.1. The van der Waals surface area contributed by atoms with Crippen LogP contribution in [0.4, 0.5) is 8.78 Å². The number of ether oxygens (including phenoxy) is 1. The standard InChI is InChI=1S/C13H16BrFO2.C13H12BrFO2.B.K.H/c14-11-5-6-12(13(15)10(11)7-16)17-8-9-3-1-2-4-9;14-11-6-5-9(12(15)10(11)7-16)13(17)8-3-1-2-4-8;;;/h5-6,9,16H,1-4,7-8H2;5-8H,1-4H2;;;/q;;;+1;-1. The predicted molar refractivity (Wildman–Crippen MR) is 140 cm³/mol. The van der Waals surface area contributed by atoms with Crippen molar-refractivity contribution >= 4 is 52.3 Å². The van der Waals surface area contributed by atoms with Gasteiger partial charge in [0.2, 0.25) is 0 Å². The van der Waals surface area contributed by atoms with Crippen molar-refractivity contribution in [2.24, 2.45) is 11.8 Å². The van der Waals surface area contributed by atoms with Crippen molar-refractivity contribution in [1.29, 1.82) is 0 Å². The summed E-state index contributed by atoms with van der Waals surface area (Å²) in [5.74, 6) is -0.619. The summed E-state index contributed by atoms with van der Waals surface area (Å²) in [6.07, 6.45) is 8.97. The molecule has 189 valence electrons. The second-order valence-electron chi connectivity index (χ2n) is 8.74. The van der Waals surface area contributed by atoms with Gasteiger partial charge in [0.1, 0.15) is 5.82 Å². The van der Waals surface area contributed by atoms with E-state index in [1.807, 2.05) is 0 Å². The van der Waals surface area contributed by atoms with Gasteiger partial charge >= 0.3 is 51.4 Å². The molecule has 2 aliphatic carbocycles. The molecule has 0 heterocycles. The van der Waals surface area contributed by atoms with E-state index in [9.17, 15) is 18.4 Å². The maximum Gasteiger partial charge on any atom is 1.00 e.